The van der Waals surface area contributed by atoms with Gasteiger partial charge in [0, 0.05) is 25.2 Å². The second-order valence-electron chi connectivity index (χ2n) is 6.69. The Morgan fingerprint density at radius 2 is 1.73 bits per heavy atom. The molecule has 132 valence electrons. The fourth-order valence-electron chi connectivity index (χ4n) is 3.41. The summed E-state index contributed by atoms with van der Waals surface area (Å²) in [4.78, 5) is 14.7. The van der Waals surface area contributed by atoms with Gasteiger partial charge in [0.15, 0.2) is 5.82 Å². The molecule has 3 aromatic rings. The summed E-state index contributed by atoms with van der Waals surface area (Å²) in [6.45, 7) is 2.71. The molecule has 1 aliphatic heterocycles. The third-order valence-corrected chi connectivity index (χ3v) is 4.73. The first kappa shape index (κ1) is 16.5. The van der Waals surface area contributed by atoms with Crippen molar-refractivity contribution in [3.63, 3.8) is 0 Å². The predicted octanol–water partition coefficient (Wildman–Crippen LogP) is 3.15. The number of anilines is 1. The van der Waals surface area contributed by atoms with Gasteiger partial charge in [-0.2, -0.15) is 5.10 Å². The van der Waals surface area contributed by atoms with Crippen LogP contribution in [0.5, 0.6) is 0 Å². The number of carbonyl (C=O) groups is 1. The number of aromatic amines is 1. The summed E-state index contributed by atoms with van der Waals surface area (Å²) >= 11 is 0. The number of rotatable bonds is 5. The van der Waals surface area contributed by atoms with E-state index < -0.39 is 0 Å². The minimum absolute atomic E-state index is 0.0304. The molecule has 5 nitrogen and oxygen atoms in total. The van der Waals surface area contributed by atoms with Crippen LogP contribution < -0.4 is 5.32 Å². The third-order valence-electron chi connectivity index (χ3n) is 4.73. The van der Waals surface area contributed by atoms with Gasteiger partial charge in [0.05, 0.1) is 12.1 Å². The molecule has 1 aromatic heterocycles. The van der Waals surface area contributed by atoms with Crippen LogP contribution in [-0.4, -0.2) is 27.5 Å². The number of aromatic nitrogens is 2. The lowest BCUT2D eigenvalue weighted by Gasteiger charge is -2.26. The summed E-state index contributed by atoms with van der Waals surface area (Å²) in [6, 6.07) is 20.2. The molecule has 0 saturated heterocycles. The molecule has 0 unspecified atom stereocenters. The van der Waals surface area contributed by atoms with Crippen LogP contribution in [-0.2, 0) is 30.7 Å². The van der Waals surface area contributed by atoms with Crippen molar-refractivity contribution in [2.75, 3.05) is 11.9 Å². The van der Waals surface area contributed by atoms with Gasteiger partial charge in [-0.15, -0.1) is 0 Å². The SMILES string of the molecule is O=C(Cc1ccccc1)Nc1n[nH]c2c1CCN(Cc1ccccc1)C2. The first-order valence-corrected chi connectivity index (χ1v) is 8.94. The molecule has 2 N–H and O–H groups in total. The number of hydrogen-bond donors (Lipinski definition) is 2. The lowest BCUT2D eigenvalue weighted by molar-refractivity contribution is -0.115. The normalized spacial score (nSPS) is 14.0. The van der Waals surface area contributed by atoms with Gasteiger partial charge < -0.3 is 5.32 Å². The van der Waals surface area contributed by atoms with E-state index in [-0.39, 0.29) is 5.91 Å². The maximum atomic E-state index is 12.3. The van der Waals surface area contributed by atoms with Crippen molar-refractivity contribution in [2.24, 2.45) is 0 Å². The highest BCUT2D eigenvalue weighted by Crippen LogP contribution is 2.24. The molecule has 4 rings (SSSR count). The molecular formula is C21H22N4O. The van der Waals surface area contributed by atoms with Crippen LogP contribution in [0.15, 0.2) is 60.7 Å². The lowest BCUT2D eigenvalue weighted by Crippen LogP contribution is -2.30. The molecule has 2 heterocycles. The van der Waals surface area contributed by atoms with E-state index in [2.05, 4.69) is 44.7 Å². The van der Waals surface area contributed by atoms with Crippen LogP contribution in [0.2, 0.25) is 0 Å². The maximum absolute atomic E-state index is 12.3. The fourth-order valence-corrected chi connectivity index (χ4v) is 3.41. The van der Waals surface area contributed by atoms with E-state index in [0.29, 0.717) is 12.2 Å². The van der Waals surface area contributed by atoms with Crippen molar-refractivity contribution in [1.82, 2.24) is 15.1 Å². The standard InChI is InChI=1S/C21H22N4O/c26-20(13-16-7-3-1-4-8-16)22-21-18-11-12-25(15-19(18)23-24-21)14-17-9-5-2-6-10-17/h1-10H,11-15H2,(H2,22,23,24,26). The number of benzene rings is 2. The minimum Gasteiger partial charge on any atom is -0.309 e. The highest BCUT2D eigenvalue weighted by molar-refractivity contribution is 5.92. The number of H-pyrrole nitrogens is 1. The molecule has 1 aliphatic rings. The molecule has 0 bridgehead atoms. The van der Waals surface area contributed by atoms with Crippen LogP contribution in [0.4, 0.5) is 5.82 Å². The summed E-state index contributed by atoms with van der Waals surface area (Å²) in [6.07, 6.45) is 1.25. The monoisotopic (exact) mass is 346 g/mol. The summed E-state index contributed by atoms with van der Waals surface area (Å²) in [5.74, 6) is 0.650. The van der Waals surface area contributed by atoms with Crippen molar-refractivity contribution in [2.45, 2.75) is 25.9 Å². The Kier molecular flexibility index (Phi) is 4.80. The fraction of sp³-hybridized carbons (Fsp3) is 0.238. The topological polar surface area (TPSA) is 61.0 Å². The molecule has 0 atom stereocenters. The van der Waals surface area contributed by atoms with Crippen LogP contribution in [0.1, 0.15) is 22.4 Å². The van der Waals surface area contributed by atoms with Crippen molar-refractivity contribution in [1.29, 1.82) is 0 Å². The van der Waals surface area contributed by atoms with Crippen LogP contribution >= 0.6 is 0 Å². The van der Waals surface area contributed by atoms with Gasteiger partial charge >= 0.3 is 0 Å². The summed E-state index contributed by atoms with van der Waals surface area (Å²) in [7, 11) is 0. The largest absolute Gasteiger partial charge is 0.309 e. The van der Waals surface area contributed by atoms with Crippen LogP contribution in [0.3, 0.4) is 0 Å². The second kappa shape index (κ2) is 7.54. The van der Waals surface area contributed by atoms with Crippen molar-refractivity contribution >= 4 is 11.7 Å². The summed E-state index contributed by atoms with van der Waals surface area (Å²) in [5, 5.41) is 10.4. The van der Waals surface area contributed by atoms with E-state index in [1.54, 1.807) is 0 Å². The summed E-state index contributed by atoms with van der Waals surface area (Å²) < 4.78 is 0. The first-order valence-electron chi connectivity index (χ1n) is 8.94. The van der Waals surface area contributed by atoms with Gasteiger partial charge in [-0.25, -0.2) is 0 Å². The zero-order valence-corrected chi connectivity index (χ0v) is 14.6. The Labute approximate surface area is 153 Å². The molecular weight excluding hydrogens is 324 g/mol. The number of hydrogen-bond acceptors (Lipinski definition) is 3. The van der Waals surface area contributed by atoms with Gasteiger partial charge in [-0.1, -0.05) is 60.7 Å². The van der Waals surface area contributed by atoms with Crippen molar-refractivity contribution < 1.29 is 4.79 Å². The molecule has 0 saturated carbocycles. The third kappa shape index (κ3) is 3.83. The zero-order chi connectivity index (χ0) is 17.8. The predicted molar refractivity (Wildman–Crippen MR) is 102 cm³/mol. The average Bonchev–Trinajstić information content (AvgIpc) is 3.05. The highest BCUT2D eigenvalue weighted by Gasteiger charge is 2.22. The molecule has 1 amide bonds. The zero-order valence-electron chi connectivity index (χ0n) is 14.6. The van der Waals surface area contributed by atoms with E-state index >= 15 is 0 Å². The van der Waals surface area contributed by atoms with Crippen LogP contribution in [0, 0.1) is 0 Å². The Bertz CT molecular complexity index is 874. The molecule has 0 fully saturated rings. The number of carbonyl (C=O) groups excluding carboxylic acids is 1. The highest BCUT2D eigenvalue weighted by atomic mass is 16.1. The van der Waals surface area contributed by atoms with Crippen molar-refractivity contribution in [3.05, 3.63) is 83.0 Å². The minimum atomic E-state index is -0.0304. The van der Waals surface area contributed by atoms with Gasteiger partial charge in [-0.05, 0) is 17.5 Å². The molecule has 26 heavy (non-hydrogen) atoms. The quantitative estimate of drug-likeness (QED) is 0.746. The van der Waals surface area contributed by atoms with E-state index in [1.165, 1.54) is 5.56 Å². The molecule has 5 heteroatoms. The molecule has 0 radical (unpaired) electrons. The Morgan fingerprint density at radius 3 is 2.46 bits per heavy atom. The number of amides is 1. The van der Waals surface area contributed by atoms with Gasteiger partial charge in [0.25, 0.3) is 0 Å². The van der Waals surface area contributed by atoms with Gasteiger partial charge in [0.2, 0.25) is 5.91 Å². The number of fused-ring (bicyclic) bond motifs is 1. The number of nitrogens with one attached hydrogen (secondary N) is 2. The Hall–Kier alpha value is -2.92. The smallest absolute Gasteiger partial charge is 0.230 e. The van der Waals surface area contributed by atoms with Crippen molar-refractivity contribution in [3.8, 4) is 0 Å². The van der Waals surface area contributed by atoms with E-state index in [9.17, 15) is 4.79 Å². The van der Waals surface area contributed by atoms with Gasteiger partial charge in [-0.3, -0.25) is 14.8 Å². The molecule has 0 spiro atoms. The molecule has 0 aliphatic carbocycles. The second-order valence-corrected chi connectivity index (χ2v) is 6.69. The maximum Gasteiger partial charge on any atom is 0.230 e. The van der Waals surface area contributed by atoms with E-state index in [1.807, 2.05) is 36.4 Å². The first-order chi connectivity index (χ1) is 12.8. The Balaban J connectivity index is 1.39. The van der Waals surface area contributed by atoms with Gasteiger partial charge in [0.1, 0.15) is 0 Å². The number of nitrogens with zero attached hydrogens (tertiary/aromatic N) is 2. The Morgan fingerprint density at radius 1 is 1.04 bits per heavy atom. The summed E-state index contributed by atoms with van der Waals surface area (Å²) in [5.41, 5.74) is 4.55. The molecule has 2 aromatic carbocycles. The average molecular weight is 346 g/mol. The van der Waals surface area contributed by atoms with E-state index in [0.717, 1.165) is 42.9 Å². The van der Waals surface area contributed by atoms with E-state index in [4.69, 9.17) is 0 Å². The lowest BCUT2D eigenvalue weighted by atomic mass is 10.1. The van der Waals surface area contributed by atoms with Crippen LogP contribution in [0.25, 0.3) is 0 Å².